The van der Waals surface area contributed by atoms with Crippen LogP contribution in [0.2, 0.25) is 19.6 Å². The number of carbonyl (C=O) groups excluding carboxylic acids is 1. The number of rotatable bonds is 5. The molecule has 0 spiro atoms. The van der Waals surface area contributed by atoms with Gasteiger partial charge < -0.3 is 9.47 Å². The van der Waals surface area contributed by atoms with Crippen LogP contribution in [0.4, 0.5) is 0 Å². The van der Waals surface area contributed by atoms with Gasteiger partial charge in [-0.2, -0.15) is 5.10 Å². The van der Waals surface area contributed by atoms with Crippen LogP contribution in [0.3, 0.4) is 0 Å². The first kappa shape index (κ1) is 16.4. The van der Waals surface area contributed by atoms with Crippen molar-refractivity contribution in [3.63, 3.8) is 0 Å². The molecule has 0 amide bonds. The summed E-state index contributed by atoms with van der Waals surface area (Å²) in [5, 5.41) is 5.42. The lowest BCUT2D eigenvalue weighted by Gasteiger charge is -2.15. The summed E-state index contributed by atoms with van der Waals surface area (Å²) >= 11 is 2.17. The fourth-order valence-electron chi connectivity index (χ4n) is 1.92. The fourth-order valence-corrected chi connectivity index (χ4v) is 3.32. The van der Waals surface area contributed by atoms with Crippen molar-refractivity contribution in [2.75, 3.05) is 13.3 Å². The zero-order valence-electron chi connectivity index (χ0n) is 12.6. The summed E-state index contributed by atoms with van der Waals surface area (Å²) in [6.07, 6.45) is 0.797. The predicted molar refractivity (Wildman–Crippen MR) is 93.1 cm³/mol. The van der Waals surface area contributed by atoms with Gasteiger partial charge in [-0.1, -0.05) is 19.6 Å². The van der Waals surface area contributed by atoms with Gasteiger partial charge in [-0.3, -0.25) is 0 Å². The average Bonchev–Trinajstić information content (AvgIpc) is 2.73. The second-order valence-corrected chi connectivity index (χ2v) is 12.5. The fraction of sp³-hybridized carbons (Fsp3) is 0.429. The molecule has 0 atom stereocenters. The van der Waals surface area contributed by atoms with Crippen molar-refractivity contribution in [3.8, 4) is 0 Å². The van der Waals surface area contributed by atoms with E-state index in [1.807, 2.05) is 16.8 Å². The Morgan fingerprint density at radius 2 is 2.10 bits per heavy atom. The molecule has 7 heteroatoms. The molecule has 0 fully saturated rings. The van der Waals surface area contributed by atoms with E-state index in [0.717, 1.165) is 20.8 Å². The number of esters is 1. The van der Waals surface area contributed by atoms with Crippen LogP contribution in [-0.2, 0) is 16.2 Å². The van der Waals surface area contributed by atoms with Crippen molar-refractivity contribution in [1.82, 2.24) is 9.78 Å². The maximum atomic E-state index is 11.6. The molecule has 5 nitrogen and oxygen atoms in total. The quantitative estimate of drug-likeness (QED) is 0.425. The molecule has 1 aromatic carbocycles. The van der Waals surface area contributed by atoms with Gasteiger partial charge in [-0.05, 0) is 40.8 Å². The van der Waals surface area contributed by atoms with Gasteiger partial charge in [0.2, 0.25) is 0 Å². The van der Waals surface area contributed by atoms with E-state index in [9.17, 15) is 4.79 Å². The minimum absolute atomic E-state index is 0.338. The van der Waals surface area contributed by atoms with E-state index < -0.39 is 8.07 Å². The van der Waals surface area contributed by atoms with Gasteiger partial charge in [0.1, 0.15) is 10.4 Å². The Labute approximate surface area is 138 Å². The van der Waals surface area contributed by atoms with Crippen molar-refractivity contribution in [2.45, 2.75) is 26.4 Å². The molecule has 0 unspecified atom stereocenters. The van der Waals surface area contributed by atoms with Crippen molar-refractivity contribution in [1.29, 1.82) is 0 Å². The van der Waals surface area contributed by atoms with Crippen molar-refractivity contribution in [3.05, 3.63) is 27.5 Å². The van der Waals surface area contributed by atoms with Crippen LogP contribution in [-0.4, -0.2) is 37.2 Å². The molecule has 0 aliphatic rings. The molecule has 2 rings (SSSR count). The van der Waals surface area contributed by atoms with E-state index in [1.54, 1.807) is 6.07 Å². The summed E-state index contributed by atoms with van der Waals surface area (Å²) in [4.78, 5) is 11.6. The number of benzene rings is 1. The molecular weight excluding hydrogens is 399 g/mol. The number of nitrogens with zero attached hydrogens (tertiary/aromatic N) is 2. The van der Waals surface area contributed by atoms with E-state index in [1.165, 1.54) is 7.11 Å². The maximum absolute atomic E-state index is 11.6. The molecule has 1 heterocycles. The monoisotopic (exact) mass is 418 g/mol. The van der Waals surface area contributed by atoms with E-state index in [0.29, 0.717) is 12.3 Å². The standard InChI is InChI=1S/C14H19IN2O3Si/c1-19-14(18)10-5-6-12-11(7-10)13(15)16-17(12)8-20-9-21(2,3)4/h5-7H,8-9H2,1-4H3. The number of hydrogen-bond donors (Lipinski definition) is 0. The van der Waals surface area contributed by atoms with Crippen LogP contribution in [0.25, 0.3) is 10.9 Å². The number of ether oxygens (including phenoxy) is 2. The highest BCUT2D eigenvalue weighted by molar-refractivity contribution is 14.1. The molecule has 2 aromatic rings. The van der Waals surface area contributed by atoms with Crippen LogP contribution in [0.15, 0.2) is 18.2 Å². The lowest BCUT2D eigenvalue weighted by molar-refractivity contribution is 0.0601. The van der Waals surface area contributed by atoms with Crippen LogP contribution in [0.5, 0.6) is 0 Å². The van der Waals surface area contributed by atoms with Gasteiger partial charge in [0.05, 0.1) is 26.3 Å². The number of halogens is 1. The van der Waals surface area contributed by atoms with Gasteiger partial charge in [-0.15, -0.1) is 0 Å². The highest BCUT2D eigenvalue weighted by atomic mass is 127. The second kappa shape index (κ2) is 6.45. The second-order valence-electron chi connectivity index (χ2n) is 6.05. The Kier molecular flexibility index (Phi) is 5.05. The molecule has 0 N–H and O–H groups in total. The molecule has 114 valence electrons. The minimum atomic E-state index is -1.23. The summed E-state index contributed by atoms with van der Waals surface area (Å²) in [6, 6.07) is 5.44. The predicted octanol–water partition coefficient (Wildman–Crippen LogP) is 3.28. The van der Waals surface area contributed by atoms with Crippen LogP contribution >= 0.6 is 22.6 Å². The number of aromatic nitrogens is 2. The molecular formula is C14H19IN2O3Si. The SMILES string of the molecule is COC(=O)c1ccc2c(c1)c(I)nn2COC[Si](C)(C)C. The number of fused-ring (bicyclic) bond motifs is 1. The molecule has 0 radical (unpaired) electrons. The topological polar surface area (TPSA) is 53.3 Å². The summed E-state index contributed by atoms with van der Waals surface area (Å²) in [6.45, 7) is 7.23. The third-order valence-electron chi connectivity index (χ3n) is 2.88. The van der Waals surface area contributed by atoms with Crippen molar-refractivity contribution >= 4 is 47.5 Å². The molecule has 0 saturated carbocycles. The maximum Gasteiger partial charge on any atom is 0.337 e. The Morgan fingerprint density at radius 3 is 2.71 bits per heavy atom. The van der Waals surface area contributed by atoms with Gasteiger partial charge in [0.25, 0.3) is 0 Å². The molecule has 0 aliphatic carbocycles. The zero-order chi connectivity index (χ0) is 15.6. The van der Waals surface area contributed by atoms with E-state index in [2.05, 4.69) is 47.3 Å². The average molecular weight is 418 g/mol. The first-order valence-electron chi connectivity index (χ1n) is 6.64. The summed E-state index contributed by atoms with van der Waals surface area (Å²) in [5.41, 5.74) is 1.49. The summed E-state index contributed by atoms with van der Waals surface area (Å²) in [7, 11) is 0.153. The van der Waals surface area contributed by atoms with Gasteiger partial charge in [0.15, 0.2) is 0 Å². The highest BCUT2D eigenvalue weighted by Gasteiger charge is 2.15. The van der Waals surface area contributed by atoms with Crippen molar-refractivity contribution < 1.29 is 14.3 Å². The van der Waals surface area contributed by atoms with E-state index in [4.69, 9.17) is 9.47 Å². The lowest BCUT2D eigenvalue weighted by atomic mass is 10.1. The van der Waals surface area contributed by atoms with Crippen LogP contribution in [0.1, 0.15) is 10.4 Å². The molecule has 0 aliphatic heterocycles. The molecule has 0 bridgehead atoms. The Bertz CT molecular complexity index is 664. The number of hydrogen-bond acceptors (Lipinski definition) is 4. The number of carbonyl (C=O) groups is 1. The zero-order valence-corrected chi connectivity index (χ0v) is 15.8. The lowest BCUT2D eigenvalue weighted by Crippen LogP contribution is -2.28. The number of methoxy groups -OCH3 is 1. The van der Waals surface area contributed by atoms with Gasteiger partial charge >= 0.3 is 5.97 Å². The largest absolute Gasteiger partial charge is 0.465 e. The third kappa shape index (κ3) is 4.04. The van der Waals surface area contributed by atoms with Gasteiger partial charge in [0, 0.05) is 11.6 Å². The van der Waals surface area contributed by atoms with Crippen molar-refractivity contribution in [2.24, 2.45) is 0 Å². The molecule has 0 saturated heterocycles. The minimum Gasteiger partial charge on any atom is -0.465 e. The Hall–Kier alpha value is -0.933. The first-order chi connectivity index (χ1) is 9.81. The third-order valence-corrected chi connectivity index (χ3v) is 4.74. The molecule has 21 heavy (non-hydrogen) atoms. The first-order valence-corrected chi connectivity index (χ1v) is 11.4. The summed E-state index contributed by atoms with van der Waals surface area (Å²) in [5.74, 6) is -0.338. The summed E-state index contributed by atoms with van der Waals surface area (Å²) < 4.78 is 13.2. The Morgan fingerprint density at radius 1 is 1.38 bits per heavy atom. The Balaban J connectivity index is 2.25. The van der Waals surface area contributed by atoms with Crippen LogP contribution < -0.4 is 0 Å². The normalized spacial score (nSPS) is 11.9. The van der Waals surface area contributed by atoms with Crippen LogP contribution in [0, 0.1) is 3.70 Å². The van der Waals surface area contributed by atoms with E-state index >= 15 is 0 Å². The smallest absolute Gasteiger partial charge is 0.337 e. The highest BCUT2D eigenvalue weighted by Crippen LogP contribution is 2.22. The van der Waals surface area contributed by atoms with E-state index in [-0.39, 0.29) is 5.97 Å². The van der Waals surface area contributed by atoms with Gasteiger partial charge in [-0.25, -0.2) is 9.48 Å². The molecule has 1 aromatic heterocycles.